The topological polar surface area (TPSA) is 60.7 Å². The minimum Gasteiger partial charge on any atom is -0.495 e. The number of hydrogen-bond acceptors (Lipinski definition) is 5. The lowest BCUT2D eigenvalue weighted by Crippen LogP contribution is -2.16. The van der Waals surface area contributed by atoms with E-state index in [0.717, 1.165) is 10.2 Å². The second kappa shape index (κ2) is 5.86. The van der Waals surface area contributed by atoms with Crippen molar-refractivity contribution in [3.05, 3.63) is 40.5 Å². The van der Waals surface area contributed by atoms with Crippen LogP contribution in [-0.2, 0) is 16.6 Å². The lowest BCUT2D eigenvalue weighted by molar-refractivity contribution is 0.417. The van der Waals surface area contributed by atoms with E-state index in [1.807, 2.05) is 29.7 Å². The summed E-state index contributed by atoms with van der Waals surface area (Å²) in [5, 5.41) is 1.73. The summed E-state index contributed by atoms with van der Waals surface area (Å²) < 4.78 is 37.2. The Kier molecular flexibility index (Phi) is 4.07. The van der Waals surface area contributed by atoms with Crippen molar-refractivity contribution in [3.63, 3.8) is 0 Å². The number of sulfonamides is 1. The molecule has 0 amide bonds. The van der Waals surface area contributed by atoms with Gasteiger partial charge in [0.2, 0.25) is 4.80 Å². The first-order valence-corrected chi connectivity index (χ1v) is 9.71. The molecule has 0 atom stereocenters. The van der Waals surface area contributed by atoms with Crippen molar-refractivity contribution < 1.29 is 13.2 Å². The first-order valence-electron chi connectivity index (χ1n) is 6.57. The van der Waals surface area contributed by atoms with E-state index in [-0.39, 0.29) is 4.21 Å². The number of aromatic nitrogens is 1. The second-order valence-corrected chi connectivity index (χ2v) is 8.22. The molecular weight excluding hydrogens is 340 g/mol. The van der Waals surface area contributed by atoms with Crippen LogP contribution in [0.15, 0.2) is 44.3 Å². The van der Waals surface area contributed by atoms with Crippen LogP contribution in [0.3, 0.4) is 0 Å². The summed E-state index contributed by atoms with van der Waals surface area (Å²) >= 11 is 2.51. The number of benzene rings is 1. The van der Waals surface area contributed by atoms with E-state index in [1.165, 1.54) is 22.7 Å². The number of ether oxygens (including phenoxy) is 1. The predicted octanol–water partition coefficient (Wildman–Crippen LogP) is 3.08. The number of aryl methyl sites for hydroxylation is 1. The molecule has 0 spiro atoms. The normalized spacial score (nSPS) is 12.9. The fourth-order valence-corrected chi connectivity index (χ4v) is 5.47. The van der Waals surface area contributed by atoms with E-state index < -0.39 is 10.0 Å². The highest BCUT2D eigenvalue weighted by Gasteiger charge is 2.16. The molecule has 0 unspecified atom stereocenters. The summed E-state index contributed by atoms with van der Waals surface area (Å²) in [7, 11) is -2.07. The molecule has 0 saturated heterocycles. The van der Waals surface area contributed by atoms with Gasteiger partial charge in [-0.1, -0.05) is 23.5 Å². The summed E-state index contributed by atoms with van der Waals surface area (Å²) in [6, 6.07) is 8.95. The Morgan fingerprint density at radius 3 is 2.73 bits per heavy atom. The van der Waals surface area contributed by atoms with E-state index in [4.69, 9.17) is 4.74 Å². The highest BCUT2D eigenvalue weighted by atomic mass is 32.2. The highest BCUT2D eigenvalue weighted by molar-refractivity contribution is 7.92. The van der Waals surface area contributed by atoms with Gasteiger partial charge in [0, 0.05) is 6.54 Å². The summed E-state index contributed by atoms with van der Waals surface area (Å²) in [6.07, 6.45) is 0. The Morgan fingerprint density at radius 2 is 2.09 bits per heavy atom. The largest absolute Gasteiger partial charge is 0.495 e. The van der Waals surface area contributed by atoms with Gasteiger partial charge in [0.25, 0.3) is 10.0 Å². The fraction of sp³-hybridized carbons (Fsp3) is 0.214. The molecule has 0 aliphatic carbocycles. The lowest BCUT2D eigenvalue weighted by atomic mass is 10.3. The maximum atomic E-state index is 12.4. The molecule has 2 heterocycles. The Labute approximate surface area is 136 Å². The Balaban J connectivity index is 2.30. The van der Waals surface area contributed by atoms with Gasteiger partial charge in [-0.25, -0.2) is 0 Å². The summed E-state index contributed by atoms with van der Waals surface area (Å²) in [4.78, 5) is 0.454. The van der Waals surface area contributed by atoms with Gasteiger partial charge in [0.15, 0.2) is 0 Å². The molecule has 0 aliphatic rings. The van der Waals surface area contributed by atoms with E-state index >= 15 is 0 Å². The Morgan fingerprint density at radius 1 is 1.27 bits per heavy atom. The molecule has 3 rings (SSSR count). The van der Waals surface area contributed by atoms with Crippen molar-refractivity contribution in [1.82, 2.24) is 4.57 Å². The molecule has 0 N–H and O–H groups in total. The predicted molar refractivity (Wildman–Crippen MR) is 89.1 cm³/mol. The summed E-state index contributed by atoms with van der Waals surface area (Å²) in [5.41, 5.74) is 0.873. The van der Waals surface area contributed by atoms with Crippen LogP contribution in [0.2, 0.25) is 0 Å². The van der Waals surface area contributed by atoms with Gasteiger partial charge >= 0.3 is 0 Å². The van der Waals surface area contributed by atoms with Crippen LogP contribution >= 0.6 is 22.7 Å². The minimum absolute atomic E-state index is 0.250. The third-order valence-corrected chi connectivity index (χ3v) is 6.95. The van der Waals surface area contributed by atoms with E-state index in [9.17, 15) is 8.42 Å². The SMILES string of the molecule is CCn1/c(=N/S(=O)(=O)c2cccs2)sc2cccc(OC)c21. The van der Waals surface area contributed by atoms with Gasteiger partial charge in [-0.2, -0.15) is 8.42 Å². The van der Waals surface area contributed by atoms with Crippen LogP contribution < -0.4 is 9.54 Å². The van der Waals surface area contributed by atoms with Gasteiger partial charge in [-0.15, -0.1) is 15.7 Å². The van der Waals surface area contributed by atoms with Crippen LogP contribution in [0.5, 0.6) is 5.75 Å². The van der Waals surface area contributed by atoms with E-state index in [1.54, 1.807) is 24.6 Å². The zero-order valence-corrected chi connectivity index (χ0v) is 14.5. The number of rotatable bonds is 4. The van der Waals surface area contributed by atoms with Crippen molar-refractivity contribution in [2.24, 2.45) is 4.40 Å². The molecule has 1 aromatic carbocycles. The Bertz CT molecular complexity index is 967. The first kappa shape index (κ1) is 15.3. The maximum Gasteiger partial charge on any atom is 0.294 e. The van der Waals surface area contributed by atoms with Crippen molar-refractivity contribution in [2.75, 3.05) is 7.11 Å². The molecule has 8 heteroatoms. The van der Waals surface area contributed by atoms with Gasteiger partial charge < -0.3 is 9.30 Å². The molecular formula is C14H14N2O3S3. The third kappa shape index (κ3) is 2.57. The van der Waals surface area contributed by atoms with Crippen LogP contribution in [0.25, 0.3) is 10.2 Å². The standard InChI is InChI=1S/C14H14N2O3S3/c1-3-16-13-10(19-2)6-4-7-11(13)21-14(16)15-22(17,18)12-8-5-9-20-12/h4-9H,3H2,1-2H3/b15-14-. The molecule has 0 radical (unpaired) electrons. The monoisotopic (exact) mass is 354 g/mol. The fourth-order valence-electron chi connectivity index (χ4n) is 2.18. The lowest BCUT2D eigenvalue weighted by Gasteiger charge is -2.05. The number of nitrogens with zero attached hydrogens (tertiary/aromatic N) is 2. The molecule has 0 saturated carbocycles. The van der Waals surface area contributed by atoms with Crippen LogP contribution in [0.4, 0.5) is 0 Å². The minimum atomic E-state index is -3.68. The smallest absolute Gasteiger partial charge is 0.294 e. The number of thiophene rings is 1. The number of fused-ring (bicyclic) bond motifs is 1. The van der Waals surface area contributed by atoms with Crippen molar-refractivity contribution in [1.29, 1.82) is 0 Å². The van der Waals surface area contributed by atoms with E-state index in [2.05, 4.69) is 4.40 Å². The molecule has 3 aromatic rings. The van der Waals surface area contributed by atoms with Crippen molar-refractivity contribution in [2.45, 2.75) is 17.7 Å². The first-order chi connectivity index (χ1) is 10.6. The molecule has 0 aliphatic heterocycles. The van der Waals surface area contributed by atoms with Crippen LogP contribution in [0, 0.1) is 0 Å². The molecule has 0 bridgehead atoms. The van der Waals surface area contributed by atoms with Gasteiger partial charge in [-0.3, -0.25) is 0 Å². The molecule has 2 aromatic heterocycles. The molecule has 116 valence electrons. The quantitative estimate of drug-likeness (QED) is 0.723. The average Bonchev–Trinajstić information content (AvgIpc) is 3.13. The zero-order valence-electron chi connectivity index (χ0n) is 12.0. The zero-order chi connectivity index (χ0) is 15.7. The van der Waals surface area contributed by atoms with Crippen LogP contribution in [-0.4, -0.2) is 20.1 Å². The average molecular weight is 354 g/mol. The van der Waals surface area contributed by atoms with Gasteiger partial charge in [0.1, 0.15) is 15.5 Å². The number of thiazole rings is 1. The summed E-state index contributed by atoms with van der Waals surface area (Å²) in [6.45, 7) is 2.56. The molecule has 0 fully saturated rings. The maximum absolute atomic E-state index is 12.4. The van der Waals surface area contributed by atoms with Gasteiger partial charge in [-0.05, 0) is 30.5 Å². The number of methoxy groups -OCH3 is 1. The Hall–Kier alpha value is -1.64. The second-order valence-electron chi connectivity index (χ2n) is 4.43. The van der Waals surface area contributed by atoms with Crippen molar-refractivity contribution >= 4 is 42.9 Å². The third-order valence-electron chi connectivity index (χ3n) is 3.15. The number of para-hydroxylation sites is 1. The number of hydrogen-bond donors (Lipinski definition) is 0. The van der Waals surface area contributed by atoms with E-state index in [0.29, 0.717) is 17.1 Å². The van der Waals surface area contributed by atoms with Gasteiger partial charge in [0.05, 0.1) is 11.8 Å². The highest BCUT2D eigenvalue weighted by Crippen LogP contribution is 2.27. The molecule has 22 heavy (non-hydrogen) atoms. The van der Waals surface area contributed by atoms with Crippen molar-refractivity contribution in [3.8, 4) is 5.75 Å². The van der Waals surface area contributed by atoms with Crippen LogP contribution in [0.1, 0.15) is 6.92 Å². The summed E-state index contributed by atoms with van der Waals surface area (Å²) in [5.74, 6) is 0.713. The molecule has 5 nitrogen and oxygen atoms in total.